The van der Waals surface area contributed by atoms with Crippen molar-refractivity contribution in [2.45, 2.75) is 52.2 Å². The van der Waals surface area contributed by atoms with Crippen molar-refractivity contribution < 1.29 is 9.53 Å². The van der Waals surface area contributed by atoms with Gasteiger partial charge in [-0.1, -0.05) is 13.1 Å². The fourth-order valence-electron chi connectivity index (χ4n) is 1.41. The maximum atomic E-state index is 11.5. The van der Waals surface area contributed by atoms with Crippen molar-refractivity contribution in [3.8, 4) is 6.07 Å². The van der Waals surface area contributed by atoms with Crippen LogP contribution in [0.1, 0.15) is 33.6 Å². The molecule has 18 heavy (non-hydrogen) atoms. The van der Waals surface area contributed by atoms with Gasteiger partial charge >= 0.3 is 5.97 Å². The molecule has 0 N–H and O–H groups in total. The minimum atomic E-state index is -1.66. The van der Waals surface area contributed by atoms with Crippen LogP contribution in [0.3, 0.4) is 0 Å². The van der Waals surface area contributed by atoms with Crippen LogP contribution in [-0.4, -0.2) is 20.7 Å². The van der Waals surface area contributed by atoms with E-state index in [0.29, 0.717) is 6.61 Å². The summed E-state index contributed by atoms with van der Waals surface area (Å²) in [6, 6.07) is 2.36. The van der Waals surface area contributed by atoms with Gasteiger partial charge < -0.3 is 4.74 Å². The van der Waals surface area contributed by atoms with Crippen molar-refractivity contribution in [2.24, 2.45) is 5.41 Å². The molecule has 0 spiro atoms. The molecule has 0 rings (SSSR count). The Balaban J connectivity index is 4.09. The molecule has 0 aliphatic rings. The second-order valence-corrected chi connectivity index (χ2v) is 11.0. The van der Waals surface area contributed by atoms with E-state index in [1.165, 1.54) is 0 Å². The molecule has 0 fully saturated rings. The van der Waals surface area contributed by atoms with Crippen LogP contribution in [0, 0.1) is 16.7 Å². The average Bonchev–Trinajstić information content (AvgIpc) is 2.27. The summed E-state index contributed by atoms with van der Waals surface area (Å²) >= 11 is 0. The van der Waals surface area contributed by atoms with E-state index in [0.717, 1.165) is 12.8 Å². The van der Waals surface area contributed by atoms with E-state index in [1.54, 1.807) is 0 Å². The molecule has 4 heteroatoms. The molecule has 0 heterocycles. The number of carbonyl (C=O) groups is 1. The lowest BCUT2D eigenvalue weighted by molar-refractivity contribution is -0.153. The van der Waals surface area contributed by atoms with Crippen molar-refractivity contribution in [3.63, 3.8) is 0 Å². The molecule has 0 saturated carbocycles. The Labute approximate surface area is 112 Å². The summed E-state index contributed by atoms with van der Waals surface area (Å²) < 4.78 is 5.19. The Bertz CT molecular complexity index is 337. The third-order valence-electron chi connectivity index (χ3n) is 3.06. The van der Waals surface area contributed by atoms with Crippen LogP contribution in [0.2, 0.25) is 18.6 Å². The van der Waals surface area contributed by atoms with Crippen LogP contribution >= 0.6 is 0 Å². The highest BCUT2D eigenvalue weighted by molar-refractivity contribution is 6.84. The first kappa shape index (κ1) is 16.9. The minimum Gasteiger partial charge on any atom is -0.465 e. The summed E-state index contributed by atoms with van der Waals surface area (Å²) in [5, 5.41) is 9.16. The average molecular weight is 267 g/mol. The van der Waals surface area contributed by atoms with Gasteiger partial charge in [-0.2, -0.15) is 5.26 Å². The lowest BCUT2D eigenvalue weighted by Crippen LogP contribution is -2.29. The Morgan fingerprint density at radius 3 is 2.44 bits per heavy atom. The minimum absolute atomic E-state index is 0.0448. The van der Waals surface area contributed by atoms with Crippen molar-refractivity contribution in [1.82, 2.24) is 0 Å². The van der Waals surface area contributed by atoms with Crippen LogP contribution in [0.15, 0.2) is 12.3 Å². The third-order valence-corrected chi connectivity index (χ3v) is 6.33. The molecule has 102 valence electrons. The van der Waals surface area contributed by atoms with Gasteiger partial charge in [-0.15, -0.1) is 12.3 Å². The van der Waals surface area contributed by atoms with Crippen LogP contribution in [0.4, 0.5) is 0 Å². The largest absolute Gasteiger partial charge is 0.465 e. The summed E-state index contributed by atoms with van der Waals surface area (Å²) in [6.07, 6.45) is 1.52. The molecule has 1 atom stereocenters. The topological polar surface area (TPSA) is 50.1 Å². The van der Waals surface area contributed by atoms with E-state index in [2.05, 4.69) is 25.7 Å². The normalized spacial score (nSPS) is 13.6. The highest BCUT2D eigenvalue weighted by Gasteiger charge is 2.28. The first-order valence-electron chi connectivity index (χ1n) is 6.35. The van der Waals surface area contributed by atoms with Gasteiger partial charge in [0.2, 0.25) is 0 Å². The Hall–Kier alpha value is -1.08. The van der Waals surface area contributed by atoms with Gasteiger partial charge in [-0.3, -0.25) is 4.79 Å². The van der Waals surface area contributed by atoms with Crippen molar-refractivity contribution in [1.29, 1.82) is 5.26 Å². The number of carbonyl (C=O) groups excluding carboxylic acids is 1. The molecule has 3 nitrogen and oxygen atoms in total. The molecule has 0 bridgehead atoms. The standard InChI is InChI=1S/C14H25NO2Si/c1-7-18(5,6)12(11-15)9-8-10-17-13(16)14(2,3)4/h7,12H,1,8-10H2,2-6H3. The zero-order valence-electron chi connectivity index (χ0n) is 12.2. The first-order chi connectivity index (χ1) is 8.15. The smallest absolute Gasteiger partial charge is 0.311 e. The number of ether oxygens (including phenoxy) is 1. The number of nitriles is 1. The van der Waals surface area contributed by atoms with Gasteiger partial charge in [0, 0.05) is 5.54 Å². The summed E-state index contributed by atoms with van der Waals surface area (Å²) in [5.74, 6) is -0.184. The van der Waals surface area contributed by atoms with Crippen LogP contribution in [0.5, 0.6) is 0 Å². The molecule has 1 unspecified atom stereocenters. The number of esters is 1. The maximum absolute atomic E-state index is 11.5. The molecule has 0 aromatic heterocycles. The fourth-order valence-corrected chi connectivity index (χ4v) is 2.98. The Morgan fingerprint density at radius 2 is 2.06 bits per heavy atom. The van der Waals surface area contributed by atoms with E-state index >= 15 is 0 Å². The number of hydrogen-bond donors (Lipinski definition) is 0. The molecule has 0 aliphatic heterocycles. The lowest BCUT2D eigenvalue weighted by atomic mass is 9.97. The van der Waals surface area contributed by atoms with Crippen LogP contribution < -0.4 is 0 Å². The van der Waals surface area contributed by atoms with Crippen LogP contribution in [-0.2, 0) is 9.53 Å². The van der Waals surface area contributed by atoms with Crippen molar-refractivity contribution in [2.75, 3.05) is 6.61 Å². The molecule has 0 amide bonds. The second kappa shape index (κ2) is 6.74. The van der Waals surface area contributed by atoms with Crippen molar-refractivity contribution >= 4 is 14.0 Å². The highest BCUT2D eigenvalue weighted by Crippen LogP contribution is 2.27. The quantitative estimate of drug-likeness (QED) is 0.419. The Kier molecular flexibility index (Phi) is 6.34. The van der Waals surface area contributed by atoms with Gasteiger partial charge in [-0.05, 0) is 33.6 Å². The summed E-state index contributed by atoms with van der Waals surface area (Å²) in [4.78, 5) is 11.5. The SMILES string of the molecule is C=C[Si](C)(C)C(C#N)CCCOC(=O)C(C)(C)C. The lowest BCUT2D eigenvalue weighted by Gasteiger charge is -2.23. The molecule has 0 saturated heterocycles. The number of hydrogen-bond acceptors (Lipinski definition) is 3. The number of rotatable bonds is 6. The zero-order chi connectivity index (χ0) is 14.4. The monoisotopic (exact) mass is 267 g/mol. The summed E-state index contributed by atoms with van der Waals surface area (Å²) in [6.45, 7) is 14.0. The second-order valence-electron chi connectivity index (χ2n) is 6.24. The molecule has 0 radical (unpaired) electrons. The highest BCUT2D eigenvalue weighted by atomic mass is 28.3. The predicted molar refractivity (Wildman–Crippen MR) is 76.7 cm³/mol. The van der Waals surface area contributed by atoms with Gasteiger partial charge in [0.25, 0.3) is 0 Å². The van der Waals surface area contributed by atoms with E-state index in [4.69, 9.17) is 10.00 Å². The Morgan fingerprint density at radius 1 is 1.50 bits per heavy atom. The molecule has 0 aromatic carbocycles. The first-order valence-corrected chi connectivity index (χ1v) is 9.51. The summed E-state index contributed by atoms with van der Waals surface area (Å²) in [5.41, 5.74) is 1.54. The third kappa shape index (κ3) is 5.50. The van der Waals surface area contributed by atoms with E-state index in [1.807, 2.05) is 26.5 Å². The molecule has 0 aromatic rings. The number of nitrogens with zero attached hydrogens (tertiary/aromatic N) is 1. The van der Waals surface area contributed by atoms with E-state index in [9.17, 15) is 4.79 Å². The summed E-state index contributed by atoms with van der Waals surface area (Å²) in [7, 11) is -1.66. The molecular weight excluding hydrogens is 242 g/mol. The predicted octanol–water partition coefficient (Wildman–Crippen LogP) is 3.68. The van der Waals surface area contributed by atoms with Gasteiger partial charge in [0.15, 0.2) is 0 Å². The zero-order valence-corrected chi connectivity index (χ0v) is 13.2. The van der Waals surface area contributed by atoms with Gasteiger partial charge in [0.1, 0.15) is 0 Å². The van der Waals surface area contributed by atoms with Crippen molar-refractivity contribution in [3.05, 3.63) is 12.3 Å². The fraction of sp³-hybridized carbons (Fsp3) is 0.714. The molecular formula is C14H25NO2Si. The maximum Gasteiger partial charge on any atom is 0.311 e. The van der Waals surface area contributed by atoms with Gasteiger partial charge in [-0.25, -0.2) is 0 Å². The van der Waals surface area contributed by atoms with Crippen LogP contribution in [0.25, 0.3) is 0 Å². The molecule has 0 aliphatic carbocycles. The van der Waals surface area contributed by atoms with E-state index < -0.39 is 13.5 Å². The van der Waals surface area contributed by atoms with E-state index in [-0.39, 0.29) is 11.5 Å². The van der Waals surface area contributed by atoms with Gasteiger partial charge in [0.05, 0.1) is 26.2 Å².